The molecule has 0 bridgehead atoms. The highest BCUT2D eigenvalue weighted by atomic mass is 35.5. The van der Waals surface area contributed by atoms with Gasteiger partial charge in [0.1, 0.15) is 12.1 Å². The third-order valence-electron chi connectivity index (χ3n) is 2.12. The standard InChI is InChI=1S/C10H6ClF3N3/c1-17-4-15-8(16-17)2-5-7(12)3-6(11)10(14)9(5)13/h4H,2H2,1H3. The number of halogens is 4. The van der Waals surface area contributed by atoms with Crippen LogP contribution in [0.3, 0.4) is 0 Å². The van der Waals surface area contributed by atoms with Crippen LogP contribution in [0.1, 0.15) is 11.4 Å². The van der Waals surface area contributed by atoms with Gasteiger partial charge in [-0.25, -0.2) is 18.2 Å². The van der Waals surface area contributed by atoms with E-state index in [-0.39, 0.29) is 12.2 Å². The van der Waals surface area contributed by atoms with Gasteiger partial charge >= 0.3 is 0 Å². The maximum Gasteiger partial charge on any atom is 0.178 e. The average Bonchev–Trinajstić information content (AvgIpc) is 2.67. The number of aromatic nitrogens is 3. The first-order valence-electron chi connectivity index (χ1n) is 4.57. The summed E-state index contributed by atoms with van der Waals surface area (Å²) in [4.78, 5) is 3.79. The van der Waals surface area contributed by atoms with Crippen LogP contribution < -0.4 is 0 Å². The van der Waals surface area contributed by atoms with Gasteiger partial charge in [0.15, 0.2) is 17.5 Å². The van der Waals surface area contributed by atoms with Crippen LogP contribution >= 0.6 is 11.6 Å². The Kier molecular flexibility index (Phi) is 3.06. The van der Waals surface area contributed by atoms with E-state index in [0.717, 1.165) is 0 Å². The van der Waals surface area contributed by atoms with Crippen LogP contribution in [0.5, 0.6) is 0 Å². The van der Waals surface area contributed by atoms with Gasteiger partial charge in [-0.15, -0.1) is 0 Å². The minimum Gasteiger partial charge on any atom is -0.256 e. The maximum absolute atomic E-state index is 13.4. The summed E-state index contributed by atoms with van der Waals surface area (Å²) in [5.41, 5.74) is -0.488. The van der Waals surface area contributed by atoms with Crippen molar-refractivity contribution < 1.29 is 13.2 Å². The topological polar surface area (TPSA) is 30.7 Å². The fourth-order valence-corrected chi connectivity index (χ4v) is 1.50. The molecule has 1 aromatic carbocycles. The van der Waals surface area contributed by atoms with E-state index in [2.05, 4.69) is 10.1 Å². The molecule has 3 nitrogen and oxygen atoms in total. The second-order valence-electron chi connectivity index (χ2n) is 3.37. The van der Waals surface area contributed by atoms with Crippen molar-refractivity contribution in [3.05, 3.63) is 46.3 Å². The van der Waals surface area contributed by atoms with Gasteiger partial charge in [0, 0.05) is 25.1 Å². The summed E-state index contributed by atoms with van der Waals surface area (Å²) in [6, 6.07) is 1.90. The van der Waals surface area contributed by atoms with Crippen LogP contribution in [0.25, 0.3) is 0 Å². The monoisotopic (exact) mass is 260 g/mol. The van der Waals surface area contributed by atoms with Gasteiger partial charge in [-0.05, 0) is 0 Å². The summed E-state index contributed by atoms with van der Waals surface area (Å²) in [6.45, 7) is 0. The zero-order chi connectivity index (χ0) is 12.6. The highest BCUT2D eigenvalue weighted by Crippen LogP contribution is 2.24. The van der Waals surface area contributed by atoms with Gasteiger partial charge in [0.05, 0.1) is 5.02 Å². The van der Waals surface area contributed by atoms with Gasteiger partial charge in [-0.2, -0.15) is 5.10 Å². The highest BCUT2D eigenvalue weighted by Gasteiger charge is 2.19. The van der Waals surface area contributed by atoms with E-state index in [4.69, 9.17) is 11.6 Å². The minimum absolute atomic E-state index is 0.181. The minimum atomic E-state index is -1.33. The molecule has 0 saturated carbocycles. The molecule has 0 amide bonds. The van der Waals surface area contributed by atoms with Crippen LogP contribution in [-0.4, -0.2) is 14.8 Å². The predicted molar refractivity (Wildman–Crippen MR) is 54.0 cm³/mol. The zero-order valence-electron chi connectivity index (χ0n) is 8.64. The molecule has 0 aliphatic heterocycles. The second-order valence-corrected chi connectivity index (χ2v) is 3.75. The number of rotatable bonds is 2. The van der Waals surface area contributed by atoms with Crippen LogP contribution in [0, 0.1) is 23.5 Å². The first-order valence-corrected chi connectivity index (χ1v) is 4.95. The summed E-state index contributed by atoms with van der Waals surface area (Å²) in [5, 5.41) is 3.13. The fourth-order valence-electron chi connectivity index (χ4n) is 1.33. The van der Waals surface area contributed by atoms with Crippen LogP contribution in [0.15, 0.2) is 6.33 Å². The summed E-state index contributed by atoms with van der Waals surface area (Å²) < 4.78 is 41.3. The van der Waals surface area contributed by atoms with Crippen molar-refractivity contribution in [3.8, 4) is 0 Å². The third kappa shape index (κ3) is 2.26. The molecule has 0 atom stereocenters. The van der Waals surface area contributed by atoms with Crippen molar-refractivity contribution >= 4 is 11.6 Å². The van der Waals surface area contributed by atoms with E-state index in [1.54, 1.807) is 7.05 Å². The van der Waals surface area contributed by atoms with E-state index in [0.29, 0.717) is 0 Å². The molecule has 2 aromatic rings. The SMILES string of the molecule is Cn1cnc(Cc2c(F)[c]c(Cl)c(F)c2F)n1. The summed E-state index contributed by atoms with van der Waals surface area (Å²) in [7, 11) is 1.61. The molecule has 1 aromatic heterocycles. The van der Waals surface area contributed by atoms with Gasteiger partial charge in [0.2, 0.25) is 0 Å². The Hall–Kier alpha value is -1.56. The van der Waals surface area contributed by atoms with Gasteiger partial charge in [0.25, 0.3) is 0 Å². The Balaban J connectivity index is 2.42. The summed E-state index contributed by atoms with van der Waals surface area (Å²) in [5.74, 6) is -3.51. The Morgan fingerprint density at radius 1 is 1.35 bits per heavy atom. The molecule has 0 aliphatic rings. The van der Waals surface area contributed by atoms with E-state index in [9.17, 15) is 13.2 Å². The molecular formula is C10H6ClF3N3. The maximum atomic E-state index is 13.4. The van der Waals surface area contributed by atoms with E-state index < -0.39 is 28.0 Å². The summed E-state index contributed by atoms with van der Waals surface area (Å²) in [6.07, 6.45) is 1.12. The molecule has 1 radical (unpaired) electrons. The quantitative estimate of drug-likeness (QED) is 0.613. The fraction of sp³-hybridized carbons (Fsp3) is 0.200. The van der Waals surface area contributed by atoms with Crippen molar-refractivity contribution in [1.82, 2.24) is 14.8 Å². The Labute approximate surface area is 99.8 Å². The third-order valence-corrected chi connectivity index (χ3v) is 2.38. The lowest BCUT2D eigenvalue weighted by Gasteiger charge is -2.04. The van der Waals surface area contributed by atoms with Crippen molar-refractivity contribution in [2.45, 2.75) is 6.42 Å². The molecule has 0 aliphatic carbocycles. The zero-order valence-corrected chi connectivity index (χ0v) is 9.39. The molecule has 1 heterocycles. The smallest absolute Gasteiger partial charge is 0.178 e. The second kappa shape index (κ2) is 4.37. The Morgan fingerprint density at radius 3 is 2.65 bits per heavy atom. The Bertz CT molecular complexity index is 568. The molecule has 17 heavy (non-hydrogen) atoms. The lowest BCUT2D eigenvalue weighted by molar-refractivity contribution is 0.481. The lowest BCUT2D eigenvalue weighted by Crippen LogP contribution is -2.03. The molecule has 89 valence electrons. The van der Waals surface area contributed by atoms with Crippen LogP contribution in [0.2, 0.25) is 5.02 Å². The van der Waals surface area contributed by atoms with E-state index in [1.165, 1.54) is 11.0 Å². The van der Waals surface area contributed by atoms with Crippen LogP contribution in [0.4, 0.5) is 13.2 Å². The number of hydrogen-bond acceptors (Lipinski definition) is 2. The molecule has 0 fully saturated rings. The normalized spacial score (nSPS) is 10.9. The molecule has 7 heteroatoms. The number of aryl methyl sites for hydroxylation is 1. The number of benzene rings is 1. The van der Waals surface area contributed by atoms with Crippen molar-refractivity contribution in [3.63, 3.8) is 0 Å². The average molecular weight is 261 g/mol. The van der Waals surface area contributed by atoms with Gasteiger partial charge in [-0.3, -0.25) is 4.68 Å². The predicted octanol–water partition coefficient (Wildman–Crippen LogP) is 2.28. The van der Waals surface area contributed by atoms with E-state index in [1.807, 2.05) is 6.07 Å². The van der Waals surface area contributed by atoms with Gasteiger partial charge in [-0.1, -0.05) is 11.6 Å². The Morgan fingerprint density at radius 2 is 2.06 bits per heavy atom. The molecule has 0 N–H and O–H groups in total. The largest absolute Gasteiger partial charge is 0.256 e. The van der Waals surface area contributed by atoms with Crippen molar-refractivity contribution in [2.24, 2.45) is 7.05 Å². The molecule has 0 unspecified atom stereocenters. The molecule has 0 spiro atoms. The summed E-state index contributed by atoms with van der Waals surface area (Å²) >= 11 is 5.25. The van der Waals surface area contributed by atoms with E-state index >= 15 is 0 Å². The molecule has 2 rings (SSSR count). The highest BCUT2D eigenvalue weighted by molar-refractivity contribution is 6.30. The first kappa shape index (κ1) is 11.9. The number of nitrogens with zero attached hydrogens (tertiary/aromatic N) is 3. The number of hydrogen-bond donors (Lipinski definition) is 0. The first-order chi connectivity index (χ1) is 7.99. The van der Waals surface area contributed by atoms with Crippen molar-refractivity contribution in [2.75, 3.05) is 0 Å². The van der Waals surface area contributed by atoms with Crippen LogP contribution in [-0.2, 0) is 13.5 Å². The van der Waals surface area contributed by atoms with Crippen molar-refractivity contribution in [1.29, 1.82) is 0 Å². The van der Waals surface area contributed by atoms with Gasteiger partial charge < -0.3 is 0 Å². The molecule has 0 saturated heterocycles. The molecular weight excluding hydrogens is 255 g/mol. The lowest BCUT2D eigenvalue weighted by atomic mass is 10.1.